The minimum atomic E-state index is -0.112. The summed E-state index contributed by atoms with van der Waals surface area (Å²) < 4.78 is 11.5. The van der Waals surface area contributed by atoms with Gasteiger partial charge in [0.15, 0.2) is 0 Å². The van der Waals surface area contributed by atoms with Crippen LogP contribution in [-0.4, -0.2) is 25.8 Å². The fourth-order valence-corrected chi connectivity index (χ4v) is 3.02. The predicted octanol–water partition coefficient (Wildman–Crippen LogP) is 1.60. The number of hydrogen-bond donors (Lipinski definition) is 2. The van der Waals surface area contributed by atoms with Crippen molar-refractivity contribution in [3.8, 4) is 11.5 Å². The van der Waals surface area contributed by atoms with Gasteiger partial charge in [0.1, 0.15) is 17.1 Å². The maximum atomic E-state index is 6.31. The number of fused-ring (bicyclic) bond motifs is 1. The molecule has 1 spiro atoms. The van der Waals surface area contributed by atoms with Crippen LogP contribution in [0.25, 0.3) is 0 Å². The first kappa shape index (κ1) is 11.8. The molecular formula is C14H20N2O2. The second-order valence-electron chi connectivity index (χ2n) is 5.28. The van der Waals surface area contributed by atoms with Crippen molar-refractivity contribution in [1.29, 1.82) is 0 Å². The molecule has 2 unspecified atom stereocenters. The lowest BCUT2D eigenvalue weighted by atomic mass is 9.82. The molecule has 1 aromatic carbocycles. The number of hydrogen-bond acceptors (Lipinski definition) is 4. The van der Waals surface area contributed by atoms with Gasteiger partial charge >= 0.3 is 0 Å². The molecule has 2 aliphatic rings. The van der Waals surface area contributed by atoms with Crippen LogP contribution in [0.2, 0.25) is 0 Å². The third-order valence-electron chi connectivity index (χ3n) is 3.97. The molecular weight excluding hydrogens is 228 g/mol. The number of rotatable bonds is 1. The molecule has 18 heavy (non-hydrogen) atoms. The largest absolute Gasteiger partial charge is 0.497 e. The van der Waals surface area contributed by atoms with Crippen LogP contribution in [0, 0.1) is 0 Å². The molecule has 4 nitrogen and oxygen atoms in total. The summed E-state index contributed by atoms with van der Waals surface area (Å²) in [6.45, 7) is 1.97. The van der Waals surface area contributed by atoms with Gasteiger partial charge in [0.25, 0.3) is 0 Å². The Morgan fingerprint density at radius 1 is 1.50 bits per heavy atom. The van der Waals surface area contributed by atoms with Crippen molar-refractivity contribution in [3.63, 3.8) is 0 Å². The van der Waals surface area contributed by atoms with E-state index >= 15 is 0 Å². The second-order valence-corrected chi connectivity index (χ2v) is 5.28. The van der Waals surface area contributed by atoms with Gasteiger partial charge in [0.05, 0.1) is 7.11 Å². The highest BCUT2D eigenvalue weighted by molar-refractivity contribution is 5.44. The Hall–Kier alpha value is -1.26. The Balaban J connectivity index is 1.92. The molecule has 4 heteroatoms. The zero-order chi connectivity index (χ0) is 12.6. The highest BCUT2D eigenvalue weighted by Gasteiger charge is 2.40. The fraction of sp³-hybridized carbons (Fsp3) is 0.571. The summed E-state index contributed by atoms with van der Waals surface area (Å²) in [5.74, 6) is 1.75. The van der Waals surface area contributed by atoms with E-state index in [1.165, 1.54) is 0 Å². The first-order valence-electron chi connectivity index (χ1n) is 6.56. The van der Waals surface area contributed by atoms with E-state index in [4.69, 9.17) is 15.2 Å². The fourth-order valence-electron chi connectivity index (χ4n) is 3.02. The summed E-state index contributed by atoms with van der Waals surface area (Å²) >= 11 is 0. The van der Waals surface area contributed by atoms with E-state index in [1.54, 1.807) is 7.11 Å². The van der Waals surface area contributed by atoms with Gasteiger partial charge in [-0.25, -0.2) is 0 Å². The molecule has 98 valence electrons. The zero-order valence-electron chi connectivity index (χ0n) is 10.7. The molecule has 1 fully saturated rings. The van der Waals surface area contributed by atoms with Crippen molar-refractivity contribution < 1.29 is 9.47 Å². The van der Waals surface area contributed by atoms with Gasteiger partial charge in [-0.3, -0.25) is 0 Å². The van der Waals surface area contributed by atoms with Crippen LogP contribution < -0.4 is 20.5 Å². The molecule has 1 saturated heterocycles. The van der Waals surface area contributed by atoms with Gasteiger partial charge in [0.2, 0.25) is 0 Å². The van der Waals surface area contributed by atoms with Crippen molar-refractivity contribution in [2.45, 2.75) is 30.9 Å². The molecule has 3 N–H and O–H groups in total. The normalized spacial score (nSPS) is 30.7. The second kappa shape index (κ2) is 4.44. The highest BCUT2D eigenvalue weighted by Crippen LogP contribution is 2.42. The summed E-state index contributed by atoms with van der Waals surface area (Å²) in [7, 11) is 1.67. The van der Waals surface area contributed by atoms with Crippen LogP contribution in [0.4, 0.5) is 0 Å². The third-order valence-corrected chi connectivity index (χ3v) is 3.97. The summed E-state index contributed by atoms with van der Waals surface area (Å²) in [5.41, 5.74) is 7.26. The molecule has 0 aliphatic carbocycles. The van der Waals surface area contributed by atoms with E-state index in [-0.39, 0.29) is 11.6 Å². The molecule has 0 bridgehead atoms. The molecule has 0 radical (unpaired) electrons. The van der Waals surface area contributed by atoms with Gasteiger partial charge in [0, 0.05) is 24.6 Å². The molecule has 1 aromatic rings. The first-order chi connectivity index (χ1) is 8.72. The summed E-state index contributed by atoms with van der Waals surface area (Å²) in [4.78, 5) is 0. The monoisotopic (exact) mass is 248 g/mol. The maximum Gasteiger partial charge on any atom is 0.125 e. The van der Waals surface area contributed by atoms with Gasteiger partial charge in [-0.05, 0) is 37.6 Å². The Labute approximate surface area is 107 Å². The average molecular weight is 248 g/mol. The van der Waals surface area contributed by atoms with Crippen LogP contribution >= 0.6 is 0 Å². The first-order valence-corrected chi connectivity index (χ1v) is 6.56. The van der Waals surface area contributed by atoms with Crippen molar-refractivity contribution in [1.82, 2.24) is 5.32 Å². The van der Waals surface area contributed by atoms with Gasteiger partial charge in [-0.1, -0.05) is 0 Å². The van der Waals surface area contributed by atoms with Crippen molar-refractivity contribution >= 4 is 0 Å². The molecule has 0 amide bonds. The number of methoxy groups -OCH3 is 1. The van der Waals surface area contributed by atoms with E-state index in [9.17, 15) is 0 Å². The lowest BCUT2D eigenvalue weighted by Crippen LogP contribution is -2.53. The van der Waals surface area contributed by atoms with Crippen LogP contribution in [0.1, 0.15) is 30.9 Å². The van der Waals surface area contributed by atoms with Gasteiger partial charge in [-0.15, -0.1) is 0 Å². The van der Waals surface area contributed by atoms with Crippen molar-refractivity contribution in [2.75, 3.05) is 20.2 Å². The summed E-state index contributed by atoms with van der Waals surface area (Å²) in [6.07, 6.45) is 3.11. The topological polar surface area (TPSA) is 56.5 Å². The average Bonchev–Trinajstić information content (AvgIpc) is 2.39. The minimum Gasteiger partial charge on any atom is -0.497 e. The highest BCUT2D eigenvalue weighted by atomic mass is 16.5. The van der Waals surface area contributed by atoms with Gasteiger partial charge in [-0.2, -0.15) is 0 Å². The number of benzene rings is 1. The minimum absolute atomic E-state index is 0.0312. The molecule has 2 heterocycles. The lowest BCUT2D eigenvalue weighted by Gasteiger charge is -2.43. The van der Waals surface area contributed by atoms with E-state index < -0.39 is 0 Å². The number of ether oxygens (including phenoxy) is 2. The number of piperidine rings is 1. The molecule has 2 aliphatic heterocycles. The van der Waals surface area contributed by atoms with Crippen LogP contribution in [-0.2, 0) is 0 Å². The molecule has 2 atom stereocenters. The molecule has 0 saturated carbocycles. The Morgan fingerprint density at radius 2 is 2.39 bits per heavy atom. The zero-order valence-corrected chi connectivity index (χ0v) is 10.7. The van der Waals surface area contributed by atoms with E-state index in [0.717, 1.165) is 49.4 Å². The third kappa shape index (κ3) is 1.95. The maximum absolute atomic E-state index is 6.31. The molecule has 3 rings (SSSR count). The smallest absolute Gasteiger partial charge is 0.125 e. The van der Waals surface area contributed by atoms with E-state index in [1.807, 2.05) is 18.2 Å². The van der Waals surface area contributed by atoms with E-state index in [2.05, 4.69) is 5.32 Å². The molecule has 0 aromatic heterocycles. The number of nitrogens with two attached hydrogens (primary N) is 1. The Bertz CT molecular complexity index is 441. The summed E-state index contributed by atoms with van der Waals surface area (Å²) in [5, 5.41) is 3.41. The Morgan fingerprint density at radius 3 is 3.11 bits per heavy atom. The van der Waals surface area contributed by atoms with E-state index in [0.29, 0.717) is 0 Å². The SMILES string of the molecule is COc1ccc2c(c1)C(N)CC1(CCCNC1)O2. The Kier molecular flexibility index (Phi) is 2.92. The summed E-state index contributed by atoms with van der Waals surface area (Å²) in [6, 6.07) is 5.93. The van der Waals surface area contributed by atoms with Crippen molar-refractivity contribution in [2.24, 2.45) is 5.73 Å². The predicted molar refractivity (Wildman–Crippen MR) is 70.0 cm³/mol. The number of nitrogens with one attached hydrogen (secondary N) is 1. The van der Waals surface area contributed by atoms with Crippen LogP contribution in [0.3, 0.4) is 0 Å². The standard InChI is InChI=1S/C14H20N2O2/c1-17-10-3-4-13-11(7-10)12(15)8-14(18-13)5-2-6-16-9-14/h3-4,7,12,16H,2,5-6,8-9,15H2,1H3. The lowest BCUT2D eigenvalue weighted by molar-refractivity contribution is 0.0136. The van der Waals surface area contributed by atoms with Crippen LogP contribution in [0.5, 0.6) is 11.5 Å². The quantitative estimate of drug-likeness (QED) is 0.792. The van der Waals surface area contributed by atoms with Crippen LogP contribution in [0.15, 0.2) is 18.2 Å². The van der Waals surface area contributed by atoms with Gasteiger partial charge < -0.3 is 20.5 Å². The van der Waals surface area contributed by atoms with Crippen molar-refractivity contribution in [3.05, 3.63) is 23.8 Å².